The van der Waals surface area contributed by atoms with Crippen molar-refractivity contribution in [2.24, 2.45) is 52.8 Å². The fourth-order valence-corrected chi connectivity index (χ4v) is 11.1. The van der Waals surface area contributed by atoms with Crippen LogP contribution < -0.4 is 0 Å². The van der Waals surface area contributed by atoms with Gasteiger partial charge in [0, 0.05) is 0 Å². The summed E-state index contributed by atoms with van der Waals surface area (Å²) in [6, 6.07) is 0. The fraction of sp³-hybridized carbons (Fsp3) is 0.956. The van der Waals surface area contributed by atoms with E-state index < -0.39 is 0 Å². The van der Waals surface area contributed by atoms with Crippen LogP contribution in [0.5, 0.6) is 0 Å². The zero-order valence-corrected chi connectivity index (χ0v) is 33.7. The lowest BCUT2D eigenvalue weighted by atomic mass is 9.65. The average molecular weight is 659 g/mol. The number of allylic oxidation sites excluding steroid dienone is 1. The molecular formula is C45H86O2. The highest BCUT2D eigenvalue weighted by Gasteiger charge is 2.38. The van der Waals surface area contributed by atoms with Gasteiger partial charge in [0.05, 0.1) is 12.2 Å². The van der Waals surface area contributed by atoms with Crippen molar-refractivity contribution >= 4 is 0 Å². The van der Waals surface area contributed by atoms with Gasteiger partial charge in [0.25, 0.3) is 0 Å². The molecule has 4 unspecified atom stereocenters. The van der Waals surface area contributed by atoms with Crippen molar-refractivity contribution < 1.29 is 10.2 Å². The second kappa shape index (κ2) is 22.5. The smallest absolute Gasteiger partial charge is 0.0757 e. The van der Waals surface area contributed by atoms with Gasteiger partial charge < -0.3 is 10.2 Å². The van der Waals surface area contributed by atoms with Gasteiger partial charge in [-0.25, -0.2) is 0 Å². The first kappa shape index (κ1) is 42.8. The van der Waals surface area contributed by atoms with Crippen LogP contribution >= 0.6 is 0 Å². The lowest BCUT2D eigenvalue weighted by molar-refractivity contribution is 0.00281. The first-order valence-corrected chi connectivity index (χ1v) is 21.5. The van der Waals surface area contributed by atoms with E-state index >= 15 is 0 Å². The summed E-state index contributed by atoms with van der Waals surface area (Å²) in [6.45, 7) is 23.7. The molecule has 0 aromatic heterocycles. The maximum Gasteiger partial charge on any atom is 0.0757 e. The summed E-state index contributed by atoms with van der Waals surface area (Å²) in [4.78, 5) is 0. The molecule has 0 saturated heterocycles. The molecule has 0 aliphatic heterocycles. The number of rotatable bonds is 24. The van der Waals surface area contributed by atoms with Gasteiger partial charge >= 0.3 is 0 Å². The number of aliphatic hydroxyl groups is 2. The van der Waals surface area contributed by atoms with Crippen LogP contribution in [0.2, 0.25) is 0 Å². The van der Waals surface area contributed by atoms with Crippen LogP contribution in [-0.2, 0) is 0 Å². The predicted octanol–water partition coefficient (Wildman–Crippen LogP) is 13.7. The Morgan fingerprint density at radius 2 is 1.38 bits per heavy atom. The molecule has 278 valence electrons. The summed E-state index contributed by atoms with van der Waals surface area (Å²) >= 11 is 0. The zero-order chi connectivity index (χ0) is 35.0. The number of hydrogen-bond acceptors (Lipinski definition) is 2. The molecule has 0 aromatic rings. The molecule has 0 spiro atoms. The fourth-order valence-electron chi connectivity index (χ4n) is 11.1. The first-order valence-electron chi connectivity index (χ1n) is 21.5. The maximum absolute atomic E-state index is 11.8. The summed E-state index contributed by atoms with van der Waals surface area (Å²) in [5, 5.41) is 23.3. The molecule has 0 heterocycles. The molecule has 47 heavy (non-hydrogen) atoms. The third kappa shape index (κ3) is 13.7. The van der Waals surface area contributed by atoms with E-state index in [9.17, 15) is 10.2 Å². The highest BCUT2D eigenvalue weighted by molar-refractivity contribution is 5.22. The van der Waals surface area contributed by atoms with Crippen molar-refractivity contribution in [2.75, 3.05) is 0 Å². The van der Waals surface area contributed by atoms with Crippen molar-refractivity contribution in [3.05, 3.63) is 11.1 Å². The molecule has 9 atom stereocenters. The van der Waals surface area contributed by atoms with E-state index in [0.717, 1.165) is 24.7 Å². The van der Waals surface area contributed by atoms with Crippen molar-refractivity contribution in [2.45, 2.75) is 223 Å². The molecule has 2 N–H and O–H groups in total. The minimum Gasteiger partial charge on any atom is -0.393 e. The van der Waals surface area contributed by atoms with Crippen molar-refractivity contribution in [1.82, 2.24) is 0 Å². The predicted molar refractivity (Wildman–Crippen MR) is 208 cm³/mol. The van der Waals surface area contributed by atoms with Gasteiger partial charge in [-0.2, -0.15) is 0 Å². The van der Waals surface area contributed by atoms with E-state index in [2.05, 4.69) is 69.2 Å². The van der Waals surface area contributed by atoms with Crippen LogP contribution in [0, 0.1) is 52.8 Å². The molecule has 1 saturated carbocycles. The zero-order valence-electron chi connectivity index (χ0n) is 33.7. The Bertz CT molecular complexity index is 833. The Kier molecular flexibility index (Phi) is 20.5. The Balaban J connectivity index is 2.00. The molecule has 0 aromatic carbocycles. The van der Waals surface area contributed by atoms with Crippen LogP contribution in [0.4, 0.5) is 0 Å². The van der Waals surface area contributed by atoms with E-state index in [0.29, 0.717) is 40.9 Å². The maximum atomic E-state index is 11.8. The molecular weight excluding hydrogens is 572 g/mol. The lowest BCUT2D eigenvalue weighted by Gasteiger charge is -2.42. The molecule has 2 nitrogen and oxygen atoms in total. The van der Waals surface area contributed by atoms with Gasteiger partial charge in [-0.05, 0) is 129 Å². The van der Waals surface area contributed by atoms with Crippen LogP contribution in [0.25, 0.3) is 0 Å². The van der Waals surface area contributed by atoms with Crippen LogP contribution in [0.3, 0.4) is 0 Å². The largest absolute Gasteiger partial charge is 0.393 e. The van der Waals surface area contributed by atoms with Crippen molar-refractivity contribution in [3.8, 4) is 0 Å². The average Bonchev–Trinajstić information content (AvgIpc) is 3.01. The molecule has 1 fully saturated rings. The highest BCUT2D eigenvalue weighted by Crippen LogP contribution is 2.45. The molecule has 0 amide bonds. The number of aliphatic hydroxyl groups excluding tert-OH is 2. The first-order chi connectivity index (χ1) is 22.4. The van der Waals surface area contributed by atoms with Gasteiger partial charge in [-0.3, -0.25) is 0 Å². The summed E-state index contributed by atoms with van der Waals surface area (Å²) < 4.78 is 0. The van der Waals surface area contributed by atoms with E-state index in [1.807, 2.05) is 0 Å². The minimum atomic E-state index is -0.291. The SMILES string of the molecule is CCCC(CCC)CCCC(CCC)(CCC)CCC[C@@H](O)C1CCC[C@H](C)C1C[C@H](C)C(C)C[C@@H](O)C1=C(C)C[C@H](CC)CC1C. The van der Waals surface area contributed by atoms with E-state index in [-0.39, 0.29) is 12.2 Å². The van der Waals surface area contributed by atoms with Crippen LogP contribution in [-0.4, -0.2) is 22.4 Å². The Hall–Kier alpha value is -0.340. The Morgan fingerprint density at radius 3 is 1.94 bits per heavy atom. The van der Waals surface area contributed by atoms with Crippen LogP contribution in [0.1, 0.15) is 210 Å². The third-order valence-electron chi connectivity index (χ3n) is 13.9. The van der Waals surface area contributed by atoms with E-state index in [1.165, 1.54) is 140 Å². The molecule has 2 aliphatic rings. The molecule has 2 rings (SSSR count). The summed E-state index contributed by atoms with van der Waals surface area (Å²) in [5.74, 6) is 5.04. The van der Waals surface area contributed by atoms with Gasteiger partial charge in [-0.15, -0.1) is 0 Å². The second-order valence-corrected chi connectivity index (χ2v) is 17.8. The van der Waals surface area contributed by atoms with Crippen LogP contribution in [0.15, 0.2) is 11.1 Å². The Labute approximate surface area is 296 Å². The van der Waals surface area contributed by atoms with Gasteiger partial charge in [0.15, 0.2) is 0 Å². The van der Waals surface area contributed by atoms with Gasteiger partial charge in [-0.1, -0.05) is 145 Å². The monoisotopic (exact) mass is 659 g/mol. The topological polar surface area (TPSA) is 40.5 Å². The number of hydrogen-bond donors (Lipinski definition) is 2. The molecule has 0 radical (unpaired) electrons. The van der Waals surface area contributed by atoms with Crippen molar-refractivity contribution in [1.29, 1.82) is 0 Å². The normalized spacial score (nSPS) is 26.9. The van der Waals surface area contributed by atoms with Gasteiger partial charge in [0.1, 0.15) is 0 Å². The standard InChI is InChI=1S/C45H86O2/c1-11-19-39(20-12-2)22-17-27-45(25-13-3,26-14-4)28-18-24-42(46)40-23-16-21-33(6)41(40)31-34(7)35(8)32-43(47)44-36(9)29-38(15-5)30-37(44)10/h33-36,38-43,46-47H,11-32H2,1-10H3/t33-,34-,35?,36?,38+,40?,41?,42+,43+/m0/s1. The quantitative estimate of drug-likeness (QED) is 0.101. The lowest BCUT2D eigenvalue weighted by Crippen LogP contribution is -2.37. The second-order valence-electron chi connectivity index (χ2n) is 17.8. The van der Waals surface area contributed by atoms with E-state index in [4.69, 9.17) is 0 Å². The molecule has 2 heteroatoms. The van der Waals surface area contributed by atoms with Crippen molar-refractivity contribution in [3.63, 3.8) is 0 Å². The molecule has 2 aliphatic carbocycles. The summed E-state index contributed by atoms with van der Waals surface area (Å²) in [6.07, 6.45) is 27.6. The summed E-state index contributed by atoms with van der Waals surface area (Å²) in [5.41, 5.74) is 3.31. The minimum absolute atomic E-state index is 0.155. The third-order valence-corrected chi connectivity index (χ3v) is 13.9. The Morgan fingerprint density at radius 1 is 0.766 bits per heavy atom. The molecule has 0 bridgehead atoms. The summed E-state index contributed by atoms with van der Waals surface area (Å²) in [7, 11) is 0. The van der Waals surface area contributed by atoms with E-state index in [1.54, 1.807) is 0 Å². The highest BCUT2D eigenvalue weighted by atomic mass is 16.3. The van der Waals surface area contributed by atoms with Gasteiger partial charge in [0.2, 0.25) is 0 Å².